The molecular formula is C20H23Cl2F4N5O. The number of hydrogen-bond acceptors (Lipinski definition) is 5. The number of benzene rings is 1. The number of carbonyl (C=O) groups excluding carboxylic acids is 1. The predicted molar refractivity (Wildman–Crippen MR) is 117 cm³/mol. The van der Waals surface area contributed by atoms with E-state index in [1.54, 1.807) is 14.1 Å². The van der Waals surface area contributed by atoms with Gasteiger partial charge in [-0.3, -0.25) is 4.79 Å². The summed E-state index contributed by atoms with van der Waals surface area (Å²) in [6.45, 7) is 0. The van der Waals surface area contributed by atoms with Crippen LogP contribution in [0, 0.1) is 5.82 Å². The van der Waals surface area contributed by atoms with Gasteiger partial charge in [0.25, 0.3) is 5.91 Å². The third-order valence-corrected chi connectivity index (χ3v) is 5.31. The molecule has 2 N–H and O–H groups in total. The van der Waals surface area contributed by atoms with Gasteiger partial charge in [-0.15, -0.1) is 12.4 Å². The lowest BCUT2D eigenvalue weighted by atomic mass is 9.91. The van der Waals surface area contributed by atoms with E-state index in [2.05, 4.69) is 20.6 Å². The minimum Gasteiger partial charge on any atom is -0.367 e. The first-order valence-electron chi connectivity index (χ1n) is 9.69. The highest BCUT2D eigenvalue weighted by molar-refractivity contribution is 6.31. The van der Waals surface area contributed by atoms with E-state index in [4.69, 9.17) is 11.6 Å². The maximum atomic E-state index is 13.3. The number of nitrogens with zero attached hydrogens (tertiary/aromatic N) is 3. The van der Waals surface area contributed by atoms with Gasteiger partial charge in [0.1, 0.15) is 17.5 Å². The highest BCUT2D eigenvalue weighted by Gasteiger charge is 2.36. The Labute approximate surface area is 194 Å². The number of alkyl halides is 3. The molecule has 1 aliphatic rings. The second-order valence-electron chi connectivity index (χ2n) is 7.62. The molecule has 1 fully saturated rings. The van der Waals surface area contributed by atoms with Crippen LogP contribution < -0.4 is 15.5 Å². The first kappa shape index (κ1) is 25.9. The molecule has 0 unspecified atom stereocenters. The van der Waals surface area contributed by atoms with Crippen molar-refractivity contribution in [2.24, 2.45) is 0 Å². The van der Waals surface area contributed by atoms with Crippen LogP contribution in [0.15, 0.2) is 24.3 Å². The highest BCUT2D eigenvalue weighted by Crippen LogP contribution is 2.30. The molecular weight excluding hydrogens is 473 g/mol. The van der Waals surface area contributed by atoms with Crippen LogP contribution in [0.2, 0.25) is 5.02 Å². The Bertz CT molecular complexity index is 950. The average molecular weight is 496 g/mol. The summed E-state index contributed by atoms with van der Waals surface area (Å²) in [6.07, 6.45) is -2.10. The topological polar surface area (TPSA) is 70.2 Å². The molecule has 1 aliphatic carbocycles. The van der Waals surface area contributed by atoms with Gasteiger partial charge in [-0.25, -0.2) is 14.4 Å². The molecule has 1 aromatic heterocycles. The lowest BCUT2D eigenvalue weighted by Crippen LogP contribution is -2.40. The Morgan fingerprint density at radius 2 is 1.72 bits per heavy atom. The second kappa shape index (κ2) is 10.5. The summed E-state index contributed by atoms with van der Waals surface area (Å²) in [5.74, 6) is -1.87. The van der Waals surface area contributed by atoms with Gasteiger partial charge < -0.3 is 15.5 Å². The van der Waals surface area contributed by atoms with E-state index >= 15 is 0 Å². The van der Waals surface area contributed by atoms with Gasteiger partial charge in [-0.2, -0.15) is 13.2 Å². The molecule has 1 saturated carbocycles. The Balaban J connectivity index is 0.00000363. The largest absolute Gasteiger partial charge is 0.451 e. The average Bonchev–Trinajstić information content (AvgIpc) is 2.70. The fourth-order valence-electron chi connectivity index (χ4n) is 3.36. The predicted octanol–water partition coefficient (Wildman–Crippen LogP) is 4.93. The minimum atomic E-state index is -4.65. The van der Waals surface area contributed by atoms with Gasteiger partial charge in [0.05, 0.1) is 5.02 Å². The van der Waals surface area contributed by atoms with Crippen molar-refractivity contribution in [3.8, 4) is 0 Å². The van der Waals surface area contributed by atoms with E-state index in [9.17, 15) is 22.4 Å². The van der Waals surface area contributed by atoms with Crippen LogP contribution in [-0.4, -0.2) is 42.1 Å². The molecule has 1 heterocycles. The zero-order valence-electron chi connectivity index (χ0n) is 17.3. The fraction of sp³-hybridized carbons (Fsp3) is 0.450. The van der Waals surface area contributed by atoms with Crippen molar-refractivity contribution < 1.29 is 22.4 Å². The molecule has 12 heteroatoms. The molecule has 0 saturated heterocycles. The monoisotopic (exact) mass is 495 g/mol. The van der Waals surface area contributed by atoms with Gasteiger partial charge in [0, 0.05) is 37.8 Å². The lowest BCUT2D eigenvalue weighted by molar-refractivity contribution is -0.144. The molecule has 6 nitrogen and oxygen atoms in total. The van der Waals surface area contributed by atoms with Crippen LogP contribution in [0.25, 0.3) is 0 Å². The minimum absolute atomic E-state index is 0. The molecule has 1 amide bonds. The van der Waals surface area contributed by atoms with E-state index in [1.807, 2.05) is 0 Å². The van der Waals surface area contributed by atoms with Gasteiger partial charge in [0.15, 0.2) is 0 Å². The van der Waals surface area contributed by atoms with Gasteiger partial charge >= 0.3 is 6.18 Å². The van der Waals surface area contributed by atoms with Crippen molar-refractivity contribution in [3.05, 3.63) is 46.5 Å². The highest BCUT2D eigenvalue weighted by atomic mass is 35.5. The summed E-state index contributed by atoms with van der Waals surface area (Å²) < 4.78 is 52.6. The van der Waals surface area contributed by atoms with E-state index in [1.165, 1.54) is 23.1 Å². The van der Waals surface area contributed by atoms with Crippen molar-refractivity contribution in [1.82, 2.24) is 15.3 Å². The van der Waals surface area contributed by atoms with Crippen molar-refractivity contribution in [2.45, 2.75) is 43.9 Å². The number of rotatable bonds is 5. The molecule has 0 bridgehead atoms. The first-order valence-corrected chi connectivity index (χ1v) is 10.1. The number of amides is 1. The summed E-state index contributed by atoms with van der Waals surface area (Å²) in [5.41, 5.74) is 0.267. The van der Waals surface area contributed by atoms with E-state index < -0.39 is 17.8 Å². The van der Waals surface area contributed by atoms with Crippen molar-refractivity contribution in [1.29, 1.82) is 0 Å². The molecule has 0 radical (unpaired) electrons. The molecule has 2 aromatic rings. The van der Waals surface area contributed by atoms with Gasteiger partial charge in [-0.1, -0.05) is 11.6 Å². The number of anilines is 2. The van der Waals surface area contributed by atoms with E-state index in [0.29, 0.717) is 25.7 Å². The zero-order chi connectivity index (χ0) is 22.8. The smallest absolute Gasteiger partial charge is 0.367 e. The maximum absolute atomic E-state index is 13.3. The van der Waals surface area contributed by atoms with Crippen LogP contribution in [0.4, 0.5) is 29.2 Å². The molecule has 3 rings (SSSR count). The number of hydrogen-bond donors (Lipinski definition) is 2. The summed E-state index contributed by atoms with van der Waals surface area (Å²) in [4.78, 5) is 21.0. The third-order valence-electron chi connectivity index (χ3n) is 5.02. The fourth-order valence-corrected chi connectivity index (χ4v) is 3.54. The maximum Gasteiger partial charge on any atom is 0.451 e. The summed E-state index contributed by atoms with van der Waals surface area (Å²) in [5, 5.41) is 5.82. The molecule has 32 heavy (non-hydrogen) atoms. The number of carbonyl (C=O) groups is 1. The van der Waals surface area contributed by atoms with Gasteiger partial charge in [-0.05, 0) is 43.9 Å². The Hall–Kier alpha value is -2.33. The summed E-state index contributed by atoms with van der Waals surface area (Å²) >= 11 is 5.72. The quantitative estimate of drug-likeness (QED) is 0.575. The summed E-state index contributed by atoms with van der Waals surface area (Å²) in [6, 6.07) is 5.06. The SMILES string of the molecule is CN(C)c1cc(NC2CCC(NC(=O)c3ccc(F)c(Cl)c3)CC2)nc(C(F)(F)F)n1.Cl. The van der Waals surface area contributed by atoms with Gasteiger partial charge in [0.2, 0.25) is 5.82 Å². The van der Waals surface area contributed by atoms with Crippen LogP contribution in [-0.2, 0) is 6.18 Å². The number of nitrogens with one attached hydrogen (secondary N) is 2. The number of aromatic nitrogens is 2. The zero-order valence-corrected chi connectivity index (χ0v) is 18.9. The molecule has 0 aliphatic heterocycles. The number of halogens is 6. The first-order chi connectivity index (χ1) is 14.5. The van der Waals surface area contributed by atoms with Crippen molar-refractivity contribution in [2.75, 3.05) is 24.3 Å². The second-order valence-corrected chi connectivity index (χ2v) is 8.03. The van der Waals surface area contributed by atoms with E-state index in [0.717, 1.165) is 6.07 Å². The Kier molecular flexibility index (Phi) is 8.53. The molecule has 176 valence electrons. The van der Waals surface area contributed by atoms with E-state index in [-0.39, 0.29) is 52.6 Å². The molecule has 1 aromatic carbocycles. The summed E-state index contributed by atoms with van der Waals surface area (Å²) in [7, 11) is 3.21. The Morgan fingerprint density at radius 3 is 2.28 bits per heavy atom. The normalized spacial score (nSPS) is 18.5. The lowest BCUT2D eigenvalue weighted by Gasteiger charge is -2.30. The standard InChI is InChI=1S/C20H22ClF4N5O.ClH/c1-30(2)17-10-16(28-19(29-17)20(23,24)25)26-12-4-6-13(7-5-12)27-18(31)11-3-8-15(22)14(21)9-11;/h3,8-10,12-13H,4-7H2,1-2H3,(H,27,31)(H,26,28,29);1H. The Morgan fingerprint density at radius 1 is 1.09 bits per heavy atom. The molecule has 0 spiro atoms. The molecule has 0 atom stereocenters. The van der Waals surface area contributed by atoms with Crippen LogP contribution in [0.5, 0.6) is 0 Å². The van der Waals surface area contributed by atoms with Crippen LogP contribution in [0.3, 0.4) is 0 Å². The van der Waals surface area contributed by atoms with Crippen LogP contribution in [0.1, 0.15) is 41.9 Å². The van der Waals surface area contributed by atoms with Crippen LogP contribution >= 0.6 is 24.0 Å². The van der Waals surface area contributed by atoms with Crippen molar-refractivity contribution >= 4 is 41.6 Å². The third kappa shape index (κ3) is 6.59. The van der Waals surface area contributed by atoms with Crippen molar-refractivity contribution in [3.63, 3.8) is 0 Å².